The molecule has 0 saturated carbocycles. The Labute approximate surface area is 208 Å². The third-order valence-corrected chi connectivity index (χ3v) is 6.41. The molecule has 1 N–H and O–H groups in total. The van der Waals surface area contributed by atoms with Crippen molar-refractivity contribution in [1.29, 1.82) is 0 Å². The van der Waals surface area contributed by atoms with Crippen molar-refractivity contribution < 1.29 is 9.18 Å². The first kappa shape index (κ1) is 23.7. The van der Waals surface area contributed by atoms with Crippen LogP contribution in [0.2, 0.25) is 0 Å². The summed E-state index contributed by atoms with van der Waals surface area (Å²) in [5, 5.41) is 11.7. The van der Waals surface area contributed by atoms with Crippen molar-refractivity contribution in [2.24, 2.45) is 0 Å². The molecule has 0 spiro atoms. The molecule has 36 heavy (non-hydrogen) atoms. The molecule has 4 aromatic rings. The zero-order valence-corrected chi connectivity index (χ0v) is 20.9. The van der Waals surface area contributed by atoms with Crippen LogP contribution in [0, 0.1) is 12.7 Å². The van der Waals surface area contributed by atoms with Gasteiger partial charge in [0.25, 0.3) is 5.91 Å². The van der Waals surface area contributed by atoms with Gasteiger partial charge >= 0.3 is 0 Å². The number of carbonyl (C=O) groups excluding carboxylic acids is 1. The first-order valence-corrected chi connectivity index (χ1v) is 11.9. The Morgan fingerprint density at radius 1 is 1.06 bits per heavy atom. The Balaban J connectivity index is 1.39. The molecule has 0 aliphatic carbocycles. The molecule has 1 aliphatic rings. The van der Waals surface area contributed by atoms with E-state index in [-0.39, 0.29) is 17.1 Å². The number of piperazine rings is 1. The summed E-state index contributed by atoms with van der Waals surface area (Å²) in [6, 6.07) is 8.20. The van der Waals surface area contributed by atoms with Crippen molar-refractivity contribution >= 4 is 17.3 Å². The van der Waals surface area contributed by atoms with Crippen LogP contribution >= 0.6 is 0 Å². The maximum atomic E-state index is 13.5. The minimum absolute atomic E-state index is 0.135. The average Bonchev–Trinajstić information content (AvgIpc) is 3.48. The minimum atomic E-state index is -0.300. The molecular weight excluding hydrogens is 459 g/mol. The van der Waals surface area contributed by atoms with Gasteiger partial charge in [-0.15, -0.1) is 0 Å². The number of nitrogens with zero attached hydrogens (tertiary/aromatic N) is 7. The van der Waals surface area contributed by atoms with E-state index in [4.69, 9.17) is 10.1 Å². The number of aryl methyl sites for hydroxylation is 1. The van der Waals surface area contributed by atoms with E-state index in [2.05, 4.69) is 47.4 Å². The van der Waals surface area contributed by atoms with Crippen LogP contribution < -0.4 is 0 Å². The number of hydrogen-bond donors (Lipinski definition) is 1. The predicted octanol–water partition coefficient (Wildman–Crippen LogP) is 3.69. The second-order valence-electron chi connectivity index (χ2n) is 10.1. The molecule has 1 fully saturated rings. The molecule has 1 aromatic carbocycles. The normalized spacial score (nSPS) is 14.5. The van der Waals surface area contributed by atoms with Gasteiger partial charge in [0.2, 0.25) is 0 Å². The topological polar surface area (TPSA) is 95.3 Å². The Bertz CT molecular complexity index is 1440. The summed E-state index contributed by atoms with van der Waals surface area (Å²) in [5.74, 6) is 0.874. The highest BCUT2D eigenvalue weighted by molar-refractivity contribution is 5.93. The molecular formula is C26H29FN8O. The van der Waals surface area contributed by atoms with Crippen molar-refractivity contribution in [2.75, 3.05) is 26.2 Å². The van der Waals surface area contributed by atoms with E-state index in [1.807, 2.05) is 13.0 Å². The predicted molar refractivity (Wildman–Crippen MR) is 135 cm³/mol. The van der Waals surface area contributed by atoms with Crippen LogP contribution in [0.1, 0.15) is 48.5 Å². The monoisotopic (exact) mass is 488 g/mol. The molecule has 186 valence electrons. The van der Waals surface area contributed by atoms with Gasteiger partial charge in [-0.05, 0) is 42.7 Å². The van der Waals surface area contributed by atoms with Crippen molar-refractivity contribution in [3.63, 3.8) is 0 Å². The number of carbonyl (C=O) groups is 1. The number of halogens is 1. The average molecular weight is 489 g/mol. The van der Waals surface area contributed by atoms with E-state index < -0.39 is 0 Å². The van der Waals surface area contributed by atoms with E-state index in [0.29, 0.717) is 54.9 Å². The zero-order chi connectivity index (χ0) is 25.6. The van der Waals surface area contributed by atoms with Crippen LogP contribution in [-0.2, 0) is 5.41 Å². The van der Waals surface area contributed by atoms with Gasteiger partial charge in [0.1, 0.15) is 17.3 Å². The van der Waals surface area contributed by atoms with Crippen molar-refractivity contribution in [3.8, 4) is 11.3 Å². The third kappa shape index (κ3) is 4.46. The first-order valence-electron chi connectivity index (χ1n) is 11.9. The van der Waals surface area contributed by atoms with Crippen LogP contribution in [0.3, 0.4) is 0 Å². The molecule has 0 bridgehead atoms. The van der Waals surface area contributed by atoms with Gasteiger partial charge in [-0.25, -0.2) is 18.9 Å². The zero-order valence-electron chi connectivity index (χ0n) is 20.9. The maximum absolute atomic E-state index is 13.5. The van der Waals surface area contributed by atoms with E-state index in [9.17, 15) is 9.18 Å². The second kappa shape index (κ2) is 8.85. The standard InChI is InChI=1S/C26H29FN8O/c1-16(23-28-17(2)30-31-23)33-10-12-34(13-11-33)25(36)22-15-35-24(29-22)20(26(3,4)5)14-21(32-35)18-6-8-19(27)9-7-18/h6-9,14-15H,1,10-13H2,2-5H3,(H,28,30,31). The molecule has 1 aliphatic heterocycles. The highest BCUT2D eigenvalue weighted by Crippen LogP contribution is 2.30. The van der Waals surface area contributed by atoms with Crippen LogP contribution in [-0.4, -0.2) is 71.7 Å². The molecule has 10 heteroatoms. The number of aromatic amines is 1. The van der Waals surface area contributed by atoms with E-state index in [1.54, 1.807) is 27.7 Å². The Kier molecular flexibility index (Phi) is 5.82. The summed E-state index contributed by atoms with van der Waals surface area (Å²) in [6.07, 6.45) is 1.68. The van der Waals surface area contributed by atoms with Crippen LogP contribution in [0.25, 0.3) is 22.6 Å². The Morgan fingerprint density at radius 3 is 2.33 bits per heavy atom. The summed E-state index contributed by atoms with van der Waals surface area (Å²) < 4.78 is 15.1. The highest BCUT2D eigenvalue weighted by atomic mass is 19.1. The molecule has 0 unspecified atom stereocenters. The number of benzene rings is 1. The smallest absolute Gasteiger partial charge is 0.274 e. The lowest BCUT2D eigenvalue weighted by Crippen LogP contribution is -2.48. The fourth-order valence-electron chi connectivity index (χ4n) is 4.36. The number of H-pyrrole nitrogens is 1. The lowest BCUT2D eigenvalue weighted by Gasteiger charge is -2.36. The van der Waals surface area contributed by atoms with Crippen LogP contribution in [0.15, 0.2) is 43.1 Å². The number of imidazole rings is 1. The Hall–Kier alpha value is -4.08. The maximum Gasteiger partial charge on any atom is 0.274 e. The van der Waals surface area contributed by atoms with Crippen molar-refractivity contribution in [1.82, 2.24) is 39.6 Å². The lowest BCUT2D eigenvalue weighted by molar-refractivity contribution is 0.0680. The molecule has 5 rings (SSSR count). The molecule has 4 heterocycles. The number of hydrogen-bond acceptors (Lipinski definition) is 6. The molecule has 9 nitrogen and oxygen atoms in total. The fraction of sp³-hybridized carbons (Fsp3) is 0.346. The van der Waals surface area contributed by atoms with Gasteiger partial charge in [-0.3, -0.25) is 9.89 Å². The summed E-state index contributed by atoms with van der Waals surface area (Å²) in [4.78, 5) is 26.3. The van der Waals surface area contributed by atoms with Gasteiger partial charge < -0.3 is 9.80 Å². The number of aromatic nitrogens is 6. The van der Waals surface area contributed by atoms with Crippen molar-refractivity contribution in [3.05, 3.63) is 71.8 Å². The van der Waals surface area contributed by atoms with Gasteiger partial charge in [-0.2, -0.15) is 10.2 Å². The van der Waals surface area contributed by atoms with E-state index in [1.165, 1.54) is 12.1 Å². The number of rotatable bonds is 4. The lowest BCUT2D eigenvalue weighted by atomic mass is 9.87. The summed E-state index contributed by atoms with van der Waals surface area (Å²) in [5.41, 5.74) is 3.96. The quantitative estimate of drug-likeness (QED) is 0.471. The van der Waals surface area contributed by atoms with Crippen molar-refractivity contribution in [2.45, 2.75) is 33.1 Å². The molecule has 3 aromatic heterocycles. The van der Waals surface area contributed by atoms with Crippen LogP contribution in [0.4, 0.5) is 4.39 Å². The van der Waals surface area contributed by atoms with Gasteiger partial charge in [0, 0.05) is 37.3 Å². The number of amides is 1. The third-order valence-electron chi connectivity index (χ3n) is 6.41. The Morgan fingerprint density at radius 2 is 1.72 bits per heavy atom. The summed E-state index contributed by atoms with van der Waals surface area (Å²) in [6.45, 7) is 14.6. The molecule has 0 radical (unpaired) electrons. The van der Waals surface area contributed by atoms with Gasteiger partial charge in [0.15, 0.2) is 11.5 Å². The number of fused-ring (bicyclic) bond motifs is 1. The first-order chi connectivity index (χ1) is 17.1. The highest BCUT2D eigenvalue weighted by Gasteiger charge is 2.28. The van der Waals surface area contributed by atoms with Crippen LogP contribution in [0.5, 0.6) is 0 Å². The van der Waals surface area contributed by atoms with E-state index >= 15 is 0 Å². The largest absolute Gasteiger partial charge is 0.365 e. The minimum Gasteiger partial charge on any atom is -0.365 e. The SMILES string of the molecule is C=C(c1nc(C)n[nH]1)N1CCN(C(=O)c2cn3nc(-c4ccc(F)cc4)cc(C(C)(C)C)c3n2)CC1. The summed E-state index contributed by atoms with van der Waals surface area (Å²) >= 11 is 0. The molecule has 0 atom stereocenters. The number of nitrogens with one attached hydrogen (secondary N) is 1. The van der Waals surface area contributed by atoms with Gasteiger partial charge in [0.05, 0.1) is 17.6 Å². The summed E-state index contributed by atoms with van der Waals surface area (Å²) in [7, 11) is 0. The molecule has 1 amide bonds. The second-order valence-corrected chi connectivity index (χ2v) is 10.1. The van der Waals surface area contributed by atoms with Gasteiger partial charge in [-0.1, -0.05) is 27.4 Å². The fourth-order valence-corrected chi connectivity index (χ4v) is 4.36. The molecule has 1 saturated heterocycles. The van der Waals surface area contributed by atoms with E-state index in [0.717, 1.165) is 16.8 Å².